The zero-order valence-electron chi connectivity index (χ0n) is 16.9. The van der Waals surface area contributed by atoms with E-state index in [0.29, 0.717) is 19.7 Å². The van der Waals surface area contributed by atoms with Gasteiger partial charge in [-0.25, -0.2) is 4.98 Å². The van der Waals surface area contributed by atoms with E-state index in [1.54, 1.807) is 18.6 Å². The van der Waals surface area contributed by atoms with E-state index >= 15 is 0 Å². The van der Waals surface area contributed by atoms with Gasteiger partial charge >= 0.3 is 0 Å². The van der Waals surface area contributed by atoms with Gasteiger partial charge < -0.3 is 15.0 Å². The number of para-hydroxylation sites is 1. The molecule has 154 valence electrons. The minimum absolute atomic E-state index is 0.0477. The fraction of sp³-hybridized carbons (Fsp3) is 0.292. The van der Waals surface area contributed by atoms with E-state index in [4.69, 9.17) is 4.74 Å². The molecule has 2 heterocycles. The van der Waals surface area contributed by atoms with Crippen LogP contribution in [0, 0.1) is 5.92 Å². The molecule has 0 bridgehead atoms. The molecule has 1 fully saturated rings. The molecule has 6 heteroatoms. The van der Waals surface area contributed by atoms with Gasteiger partial charge in [-0.1, -0.05) is 42.5 Å². The molecular weight excluding hydrogens is 376 g/mol. The molecule has 0 unspecified atom stereocenters. The lowest BCUT2D eigenvalue weighted by atomic mass is 9.97. The summed E-state index contributed by atoms with van der Waals surface area (Å²) in [7, 11) is 0. The average Bonchev–Trinajstić information content (AvgIpc) is 2.83. The van der Waals surface area contributed by atoms with E-state index in [-0.39, 0.29) is 11.8 Å². The standard InChI is InChI=1S/C24H26N4O2/c29-24(20-9-6-14-28(17-20)23-16-25-12-13-26-23)27-15-19-7-4-5-8-21(19)18-30-22-10-2-1-3-11-22/h1-5,7-8,10-13,16,20H,6,9,14-15,17-18H2,(H,27,29)/t20-/m0/s1. The second kappa shape index (κ2) is 9.87. The van der Waals surface area contributed by atoms with Crippen LogP contribution in [0.25, 0.3) is 0 Å². The Morgan fingerprint density at radius 3 is 2.67 bits per heavy atom. The zero-order chi connectivity index (χ0) is 20.6. The lowest BCUT2D eigenvalue weighted by Crippen LogP contribution is -2.43. The Labute approximate surface area is 176 Å². The first-order valence-corrected chi connectivity index (χ1v) is 10.3. The maximum Gasteiger partial charge on any atom is 0.225 e. The van der Waals surface area contributed by atoms with Gasteiger partial charge in [0.1, 0.15) is 18.2 Å². The van der Waals surface area contributed by atoms with Crippen molar-refractivity contribution in [2.24, 2.45) is 5.92 Å². The van der Waals surface area contributed by atoms with E-state index < -0.39 is 0 Å². The summed E-state index contributed by atoms with van der Waals surface area (Å²) < 4.78 is 5.89. The van der Waals surface area contributed by atoms with Crippen LogP contribution in [0.5, 0.6) is 5.75 Å². The minimum Gasteiger partial charge on any atom is -0.489 e. The second-order valence-electron chi connectivity index (χ2n) is 7.44. The molecule has 1 amide bonds. The number of carbonyl (C=O) groups excluding carboxylic acids is 1. The van der Waals surface area contributed by atoms with Gasteiger partial charge in [0.05, 0.1) is 12.1 Å². The molecule has 1 N–H and O–H groups in total. The molecule has 6 nitrogen and oxygen atoms in total. The van der Waals surface area contributed by atoms with Crippen molar-refractivity contribution in [1.29, 1.82) is 0 Å². The Morgan fingerprint density at radius 2 is 1.87 bits per heavy atom. The summed E-state index contributed by atoms with van der Waals surface area (Å²) in [6.07, 6.45) is 6.96. The van der Waals surface area contributed by atoms with Crippen molar-refractivity contribution < 1.29 is 9.53 Å². The van der Waals surface area contributed by atoms with Crippen molar-refractivity contribution in [2.45, 2.75) is 26.0 Å². The Kier molecular flexibility index (Phi) is 6.54. The van der Waals surface area contributed by atoms with E-state index in [9.17, 15) is 4.79 Å². The first kappa shape index (κ1) is 19.9. The number of carbonyl (C=O) groups is 1. The predicted molar refractivity (Wildman–Crippen MR) is 116 cm³/mol. The number of ether oxygens (including phenoxy) is 1. The summed E-state index contributed by atoms with van der Waals surface area (Å²) in [4.78, 5) is 23.5. The Hall–Kier alpha value is -3.41. The molecule has 1 atom stereocenters. The number of benzene rings is 2. The summed E-state index contributed by atoms with van der Waals surface area (Å²) in [6.45, 7) is 2.54. The predicted octanol–water partition coefficient (Wildman–Crippen LogP) is 3.59. The van der Waals surface area contributed by atoms with Crippen molar-refractivity contribution in [3.05, 3.63) is 84.3 Å². The van der Waals surface area contributed by atoms with E-state index in [1.165, 1.54) is 0 Å². The fourth-order valence-corrected chi connectivity index (χ4v) is 3.73. The lowest BCUT2D eigenvalue weighted by molar-refractivity contribution is -0.125. The number of anilines is 1. The third-order valence-electron chi connectivity index (χ3n) is 5.37. The lowest BCUT2D eigenvalue weighted by Gasteiger charge is -2.32. The third-order valence-corrected chi connectivity index (χ3v) is 5.37. The molecule has 1 aromatic heterocycles. The van der Waals surface area contributed by atoms with Crippen LogP contribution in [-0.4, -0.2) is 29.0 Å². The minimum atomic E-state index is -0.0477. The van der Waals surface area contributed by atoms with E-state index in [0.717, 1.165) is 42.1 Å². The van der Waals surface area contributed by atoms with E-state index in [1.807, 2.05) is 54.6 Å². The van der Waals surface area contributed by atoms with Crippen molar-refractivity contribution in [1.82, 2.24) is 15.3 Å². The third kappa shape index (κ3) is 5.14. The van der Waals surface area contributed by atoms with Gasteiger partial charge in [-0.15, -0.1) is 0 Å². The molecule has 0 radical (unpaired) electrons. The van der Waals surface area contributed by atoms with Gasteiger partial charge in [0.2, 0.25) is 5.91 Å². The van der Waals surface area contributed by atoms with Crippen LogP contribution < -0.4 is 15.0 Å². The zero-order valence-corrected chi connectivity index (χ0v) is 16.9. The molecule has 1 aliphatic heterocycles. The summed E-state index contributed by atoms with van der Waals surface area (Å²) in [6, 6.07) is 17.8. The van der Waals surface area contributed by atoms with Crippen molar-refractivity contribution in [3.8, 4) is 5.75 Å². The van der Waals surface area contributed by atoms with Crippen molar-refractivity contribution >= 4 is 11.7 Å². The van der Waals surface area contributed by atoms with Gasteiger partial charge in [-0.05, 0) is 36.1 Å². The number of hydrogen-bond acceptors (Lipinski definition) is 5. The molecule has 0 spiro atoms. The average molecular weight is 402 g/mol. The second-order valence-corrected chi connectivity index (χ2v) is 7.44. The van der Waals surface area contributed by atoms with E-state index in [2.05, 4.69) is 20.2 Å². The van der Waals surface area contributed by atoms with Crippen LogP contribution in [0.4, 0.5) is 5.82 Å². The number of piperidine rings is 1. The molecule has 1 aliphatic rings. The van der Waals surface area contributed by atoms with Crippen LogP contribution in [0.15, 0.2) is 73.2 Å². The largest absolute Gasteiger partial charge is 0.489 e. The number of hydrogen-bond donors (Lipinski definition) is 1. The molecule has 30 heavy (non-hydrogen) atoms. The summed E-state index contributed by atoms with van der Waals surface area (Å²) >= 11 is 0. The smallest absolute Gasteiger partial charge is 0.225 e. The van der Waals surface area contributed by atoms with Gasteiger partial charge in [-0.3, -0.25) is 9.78 Å². The molecular formula is C24H26N4O2. The molecule has 1 saturated heterocycles. The maximum atomic E-state index is 12.8. The fourth-order valence-electron chi connectivity index (χ4n) is 3.73. The Balaban J connectivity index is 1.33. The monoisotopic (exact) mass is 402 g/mol. The molecule has 3 aromatic rings. The van der Waals surface area contributed by atoms with Crippen molar-refractivity contribution in [3.63, 3.8) is 0 Å². The highest BCUT2D eigenvalue weighted by Gasteiger charge is 2.26. The Bertz CT molecular complexity index is 950. The quantitative estimate of drug-likeness (QED) is 0.654. The van der Waals surface area contributed by atoms with Crippen LogP contribution >= 0.6 is 0 Å². The van der Waals surface area contributed by atoms with Gasteiger partial charge in [-0.2, -0.15) is 0 Å². The number of aromatic nitrogens is 2. The highest BCUT2D eigenvalue weighted by atomic mass is 16.5. The summed E-state index contributed by atoms with van der Waals surface area (Å²) in [5, 5.41) is 3.12. The van der Waals surface area contributed by atoms with Crippen LogP contribution in [0.1, 0.15) is 24.0 Å². The first-order valence-electron chi connectivity index (χ1n) is 10.3. The molecule has 0 aliphatic carbocycles. The first-order chi connectivity index (χ1) is 14.8. The number of rotatable bonds is 7. The summed E-state index contributed by atoms with van der Waals surface area (Å²) in [5.74, 6) is 1.71. The van der Waals surface area contributed by atoms with Crippen LogP contribution in [-0.2, 0) is 17.9 Å². The van der Waals surface area contributed by atoms with Crippen molar-refractivity contribution in [2.75, 3.05) is 18.0 Å². The van der Waals surface area contributed by atoms with Gasteiger partial charge in [0.25, 0.3) is 0 Å². The molecule has 4 rings (SSSR count). The summed E-state index contributed by atoms with van der Waals surface area (Å²) in [5.41, 5.74) is 2.15. The van der Waals surface area contributed by atoms with Crippen LogP contribution in [0.2, 0.25) is 0 Å². The maximum absolute atomic E-state index is 12.8. The number of nitrogens with zero attached hydrogens (tertiary/aromatic N) is 3. The number of amides is 1. The highest BCUT2D eigenvalue weighted by molar-refractivity contribution is 5.79. The number of nitrogens with one attached hydrogen (secondary N) is 1. The topological polar surface area (TPSA) is 67.3 Å². The van der Waals surface area contributed by atoms with Gasteiger partial charge in [0, 0.05) is 32.0 Å². The van der Waals surface area contributed by atoms with Crippen LogP contribution in [0.3, 0.4) is 0 Å². The van der Waals surface area contributed by atoms with Gasteiger partial charge in [0.15, 0.2) is 0 Å². The SMILES string of the molecule is O=C(NCc1ccccc1COc1ccccc1)[C@H]1CCCN(c2cnccn2)C1. The molecule has 0 saturated carbocycles. The Morgan fingerprint density at radius 1 is 1.07 bits per heavy atom. The molecule has 2 aromatic carbocycles. The highest BCUT2D eigenvalue weighted by Crippen LogP contribution is 2.21. The normalized spacial score (nSPS) is 16.1.